The molecule has 2 rings (SSSR count). The second-order valence-corrected chi connectivity index (χ2v) is 4.75. The summed E-state index contributed by atoms with van der Waals surface area (Å²) < 4.78 is 1.01. The molecule has 0 radical (unpaired) electrons. The number of anilines is 1. The Bertz CT molecular complexity index is 569. The first kappa shape index (κ1) is 12.6. The second-order valence-electron chi connectivity index (χ2n) is 3.90. The van der Waals surface area contributed by atoms with Gasteiger partial charge in [-0.15, -0.1) is 0 Å². The summed E-state index contributed by atoms with van der Waals surface area (Å²) in [5, 5.41) is 3.30. The van der Waals surface area contributed by atoms with Crippen LogP contribution in [0.3, 0.4) is 0 Å². The van der Waals surface area contributed by atoms with Crippen LogP contribution in [0.25, 0.3) is 0 Å². The zero-order chi connectivity index (χ0) is 13.0. The minimum atomic E-state index is -0.405. The quantitative estimate of drug-likeness (QED) is 0.911. The van der Waals surface area contributed by atoms with Crippen LogP contribution in [-0.2, 0) is 6.54 Å². The van der Waals surface area contributed by atoms with Gasteiger partial charge in [0.15, 0.2) is 0 Å². The molecule has 0 unspecified atom stereocenters. The van der Waals surface area contributed by atoms with Crippen molar-refractivity contribution >= 4 is 27.5 Å². The van der Waals surface area contributed by atoms with Gasteiger partial charge in [-0.3, -0.25) is 4.79 Å². The van der Waals surface area contributed by atoms with Crippen LogP contribution in [0, 0.1) is 0 Å². The molecule has 4 heteroatoms. The van der Waals surface area contributed by atoms with E-state index in [2.05, 4.69) is 21.2 Å². The number of halogens is 1. The topological polar surface area (TPSA) is 55.1 Å². The lowest BCUT2D eigenvalue weighted by molar-refractivity contribution is 0.1000. The molecular weight excluding hydrogens is 292 g/mol. The summed E-state index contributed by atoms with van der Waals surface area (Å²) in [7, 11) is 0. The Morgan fingerprint density at radius 2 is 1.94 bits per heavy atom. The number of para-hydroxylation sites is 1. The van der Waals surface area contributed by atoms with Gasteiger partial charge >= 0.3 is 0 Å². The van der Waals surface area contributed by atoms with Crippen molar-refractivity contribution in [2.45, 2.75) is 6.54 Å². The normalized spacial score (nSPS) is 10.1. The molecule has 92 valence electrons. The lowest BCUT2D eigenvalue weighted by Gasteiger charge is -2.09. The van der Waals surface area contributed by atoms with E-state index >= 15 is 0 Å². The fourth-order valence-corrected chi connectivity index (χ4v) is 2.06. The molecule has 0 atom stereocenters. The number of carbonyl (C=O) groups is 1. The van der Waals surface area contributed by atoms with Gasteiger partial charge < -0.3 is 11.1 Å². The van der Waals surface area contributed by atoms with Crippen LogP contribution in [-0.4, -0.2) is 5.91 Å². The third kappa shape index (κ3) is 3.11. The van der Waals surface area contributed by atoms with Crippen molar-refractivity contribution in [3.05, 3.63) is 64.1 Å². The molecule has 1 amide bonds. The molecule has 0 saturated carbocycles. The fraction of sp³-hybridized carbons (Fsp3) is 0.0714. The summed E-state index contributed by atoms with van der Waals surface area (Å²) in [5.41, 5.74) is 7.81. The van der Waals surface area contributed by atoms with E-state index in [0.29, 0.717) is 12.1 Å². The lowest BCUT2D eigenvalue weighted by Crippen LogP contribution is -2.11. The number of nitrogens with one attached hydrogen (secondary N) is 1. The van der Waals surface area contributed by atoms with Gasteiger partial charge in [0.2, 0.25) is 5.91 Å². The molecule has 0 saturated heterocycles. The van der Waals surface area contributed by atoms with Crippen LogP contribution in [0.15, 0.2) is 53.0 Å². The maximum Gasteiger partial charge on any atom is 0.248 e. The molecular formula is C14H13BrN2O. The minimum absolute atomic E-state index is 0.405. The Morgan fingerprint density at radius 3 is 2.67 bits per heavy atom. The molecule has 0 bridgehead atoms. The zero-order valence-electron chi connectivity index (χ0n) is 9.69. The molecule has 3 nitrogen and oxygen atoms in total. The summed E-state index contributed by atoms with van der Waals surface area (Å²) >= 11 is 3.47. The van der Waals surface area contributed by atoms with Crippen LogP contribution >= 0.6 is 15.9 Å². The van der Waals surface area contributed by atoms with Gasteiger partial charge in [0, 0.05) is 22.3 Å². The number of rotatable bonds is 4. The van der Waals surface area contributed by atoms with Crippen LogP contribution in [0.1, 0.15) is 15.9 Å². The van der Waals surface area contributed by atoms with Crippen LogP contribution in [0.4, 0.5) is 5.69 Å². The van der Waals surface area contributed by atoms with Gasteiger partial charge in [-0.25, -0.2) is 0 Å². The van der Waals surface area contributed by atoms with E-state index < -0.39 is 5.91 Å². The number of primary amides is 1. The van der Waals surface area contributed by atoms with Gasteiger partial charge in [0.1, 0.15) is 0 Å². The van der Waals surface area contributed by atoms with E-state index in [4.69, 9.17) is 5.73 Å². The highest BCUT2D eigenvalue weighted by molar-refractivity contribution is 9.10. The van der Waals surface area contributed by atoms with Crippen LogP contribution < -0.4 is 11.1 Å². The largest absolute Gasteiger partial charge is 0.380 e. The maximum atomic E-state index is 11.1. The Kier molecular flexibility index (Phi) is 3.99. The Morgan fingerprint density at radius 1 is 1.17 bits per heavy atom. The van der Waals surface area contributed by atoms with Crippen molar-refractivity contribution in [3.63, 3.8) is 0 Å². The van der Waals surface area contributed by atoms with Crippen molar-refractivity contribution < 1.29 is 4.79 Å². The molecule has 3 N–H and O–H groups in total. The SMILES string of the molecule is NC(=O)c1cccc(CNc2ccccc2Br)c1. The van der Waals surface area contributed by atoms with Gasteiger partial charge in [-0.05, 0) is 45.8 Å². The minimum Gasteiger partial charge on any atom is -0.380 e. The van der Waals surface area contributed by atoms with Gasteiger partial charge in [0.25, 0.3) is 0 Å². The van der Waals surface area contributed by atoms with Crippen LogP contribution in [0.2, 0.25) is 0 Å². The van der Waals surface area contributed by atoms with Crippen molar-refractivity contribution in [1.82, 2.24) is 0 Å². The lowest BCUT2D eigenvalue weighted by atomic mass is 10.1. The van der Waals surface area contributed by atoms with Gasteiger partial charge in [-0.2, -0.15) is 0 Å². The first-order valence-electron chi connectivity index (χ1n) is 5.54. The first-order valence-corrected chi connectivity index (χ1v) is 6.33. The highest BCUT2D eigenvalue weighted by atomic mass is 79.9. The average Bonchev–Trinajstić information content (AvgIpc) is 2.38. The predicted octanol–water partition coefficient (Wildman–Crippen LogP) is 3.16. The third-order valence-corrected chi connectivity index (χ3v) is 3.26. The fourth-order valence-electron chi connectivity index (χ4n) is 1.64. The number of benzene rings is 2. The molecule has 0 fully saturated rings. The highest BCUT2D eigenvalue weighted by Crippen LogP contribution is 2.21. The standard InChI is InChI=1S/C14H13BrN2O/c15-12-6-1-2-7-13(12)17-9-10-4-3-5-11(8-10)14(16)18/h1-8,17H,9H2,(H2,16,18). The van der Waals surface area contributed by atoms with E-state index in [9.17, 15) is 4.79 Å². The van der Waals surface area contributed by atoms with Crippen molar-refractivity contribution in [3.8, 4) is 0 Å². The second kappa shape index (κ2) is 5.69. The zero-order valence-corrected chi connectivity index (χ0v) is 11.3. The van der Waals surface area contributed by atoms with Crippen molar-refractivity contribution in [2.24, 2.45) is 5.73 Å². The smallest absolute Gasteiger partial charge is 0.248 e. The highest BCUT2D eigenvalue weighted by Gasteiger charge is 2.02. The summed E-state index contributed by atoms with van der Waals surface area (Å²) in [6, 6.07) is 15.2. The van der Waals surface area contributed by atoms with Gasteiger partial charge in [0.05, 0.1) is 0 Å². The summed E-state index contributed by atoms with van der Waals surface area (Å²) in [6.07, 6.45) is 0. The molecule has 2 aromatic carbocycles. The molecule has 0 aliphatic rings. The molecule has 0 aliphatic heterocycles. The Hall–Kier alpha value is -1.81. The molecule has 0 heterocycles. The summed E-state index contributed by atoms with van der Waals surface area (Å²) in [6.45, 7) is 0.643. The number of hydrogen-bond donors (Lipinski definition) is 2. The van der Waals surface area contributed by atoms with E-state index in [1.807, 2.05) is 36.4 Å². The Labute approximate surface area is 114 Å². The number of nitrogens with two attached hydrogens (primary N) is 1. The van der Waals surface area contributed by atoms with Crippen molar-refractivity contribution in [1.29, 1.82) is 0 Å². The van der Waals surface area contributed by atoms with E-state index in [-0.39, 0.29) is 0 Å². The summed E-state index contributed by atoms with van der Waals surface area (Å²) in [4.78, 5) is 11.1. The molecule has 2 aromatic rings. The molecule has 0 aliphatic carbocycles. The molecule has 18 heavy (non-hydrogen) atoms. The van der Waals surface area contributed by atoms with Gasteiger partial charge in [-0.1, -0.05) is 24.3 Å². The van der Waals surface area contributed by atoms with E-state index in [1.54, 1.807) is 12.1 Å². The Balaban J connectivity index is 2.09. The molecule has 0 spiro atoms. The number of hydrogen-bond acceptors (Lipinski definition) is 2. The summed E-state index contributed by atoms with van der Waals surface area (Å²) in [5.74, 6) is -0.405. The van der Waals surface area contributed by atoms with E-state index in [0.717, 1.165) is 15.7 Å². The average molecular weight is 305 g/mol. The monoisotopic (exact) mass is 304 g/mol. The number of carbonyl (C=O) groups excluding carboxylic acids is 1. The maximum absolute atomic E-state index is 11.1. The third-order valence-electron chi connectivity index (χ3n) is 2.57. The van der Waals surface area contributed by atoms with E-state index in [1.165, 1.54) is 0 Å². The predicted molar refractivity (Wildman–Crippen MR) is 76.4 cm³/mol. The van der Waals surface area contributed by atoms with Crippen molar-refractivity contribution in [2.75, 3.05) is 5.32 Å². The first-order chi connectivity index (χ1) is 8.66. The van der Waals surface area contributed by atoms with Crippen LogP contribution in [0.5, 0.6) is 0 Å². The number of amides is 1. The molecule has 0 aromatic heterocycles.